The van der Waals surface area contributed by atoms with Gasteiger partial charge in [0.1, 0.15) is 0 Å². The molecule has 8 aromatic rings. The second kappa shape index (κ2) is 16.9. The first kappa shape index (κ1) is 47.5. The van der Waals surface area contributed by atoms with Crippen LogP contribution in [-0.2, 0) is 21.7 Å². The van der Waals surface area contributed by atoms with Crippen LogP contribution < -0.4 is 31.1 Å². The number of hydrogen-bond donors (Lipinski definition) is 0. The maximum Gasteiger partial charge on any atom is 0.252 e. The van der Waals surface area contributed by atoms with E-state index < -0.39 is 0 Å². The highest BCUT2D eigenvalue weighted by atomic mass is 15.2. The van der Waals surface area contributed by atoms with Gasteiger partial charge in [0.15, 0.2) is 0 Å². The van der Waals surface area contributed by atoms with Crippen molar-refractivity contribution in [1.29, 1.82) is 0 Å². The Bertz CT molecular complexity index is 3400. The number of benzene rings is 8. The number of rotatable bonds is 6. The molecule has 0 radical (unpaired) electrons. The van der Waals surface area contributed by atoms with E-state index in [0.29, 0.717) is 0 Å². The maximum absolute atomic E-state index is 2.69. The summed E-state index contributed by atoms with van der Waals surface area (Å²) in [4.78, 5) is 7.86. The molecule has 3 nitrogen and oxygen atoms in total. The summed E-state index contributed by atoms with van der Waals surface area (Å²) >= 11 is 0. The van der Waals surface area contributed by atoms with Gasteiger partial charge in [0.05, 0.1) is 17.1 Å². The molecule has 0 fully saturated rings. The first-order valence-corrected chi connectivity index (χ1v) is 26.4. The lowest BCUT2D eigenvalue weighted by Crippen LogP contribution is -2.62. The summed E-state index contributed by atoms with van der Waals surface area (Å²) in [5.41, 5.74) is 28.1. The van der Waals surface area contributed by atoms with Crippen molar-refractivity contribution in [2.24, 2.45) is 0 Å². The van der Waals surface area contributed by atoms with Gasteiger partial charge in [0.25, 0.3) is 6.71 Å². The quantitative estimate of drug-likeness (QED) is 0.154. The standard InChI is InChI=1S/C68H72BN3/c1-43-24-23-25-44(2)63(43)72-59-42-54-53(67(11,12)34-35-68(54,13)14)41-56(59)69-55-33-32-51(70(50-28-19-16-20-29-50)57-31-22-21-30-52(57)47-26-17-15-18-27-47)40-58(55)71(60-38-49(66(8,9)10)39-61(72)62(60)69)64-45(3)36-48(37-46(64)4)65(5,6)7/h15-33,36-42H,34-35H2,1-14H3. The lowest BCUT2D eigenvalue weighted by Gasteiger charge is -2.48. The third kappa shape index (κ3) is 7.71. The first-order valence-electron chi connectivity index (χ1n) is 26.4. The normalized spacial score (nSPS) is 15.4. The monoisotopic (exact) mass is 942 g/mol. The van der Waals surface area contributed by atoms with Crippen LogP contribution in [0.15, 0.2) is 158 Å². The van der Waals surface area contributed by atoms with E-state index in [1.807, 2.05) is 0 Å². The molecule has 362 valence electrons. The number of nitrogens with zero attached hydrogens (tertiary/aromatic N) is 3. The van der Waals surface area contributed by atoms with Gasteiger partial charge >= 0.3 is 0 Å². The van der Waals surface area contributed by atoms with Crippen molar-refractivity contribution in [3.63, 3.8) is 0 Å². The molecule has 0 saturated heterocycles. The molecule has 2 aliphatic heterocycles. The van der Waals surface area contributed by atoms with E-state index >= 15 is 0 Å². The summed E-state index contributed by atoms with van der Waals surface area (Å²) in [5.74, 6) is 0. The van der Waals surface area contributed by atoms with Crippen molar-refractivity contribution < 1.29 is 0 Å². The van der Waals surface area contributed by atoms with Gasteiger partial charge in [-0.05, 0) is 177 Å². The molecule has 0 amide bonds. The van der Waals surface area contributed by atoms with Gasteiger partial charge in [-0.15, -0.1) is 0 Å². The van der Waals surface area contributed by atoms with Crippen molar-refractivity contribution in [2.75, 3.05) is 14.7 Å². The van der Waals surface area contributed by atoms with Crippen molar-refractivity contribution >= 4 is 74.3 Å². The van der Waals surface area contributed by atoms with Gasteiger partial charge in [-0.2, -0.15) is 0 Å². The lowest BCUT2D eigenvalue weighted by atomic mass is 9.33. The van der Waals surface area contributed by atoms with Crippen molar-refractivity contribution in [2.45, 2.75) is 131 Å². The molecule has 0 saturated carbocycles. The third-order valence-electron chi connectivity index (χ3n) is 16.6. The van der Waals surface area contributed by atoms with E-state index in [1.165, 1.54) is 106 Å². The molecule has 0 bridgehead atoms. The average molecular weight is 942 g/mol. The predicted octanol–water partition coefficient (Wildman–Crippen LogP) is 17.1. The maximum atomic E-state index is 2.69. The van der Waals surface area contributed by atoms with Crippen molar-refractivity contribution in [3.05, 3.63) is 202 Å². The van der Waals surface area contributed by atoms with E-state index in [4.69, 9.17) is 0 Å². The number of anilines is 9. The fourth-order valence-corrected chi connectivity index (χ4v) is 12.5. The Kier molecular flexibility index (Phi) is 11.2. The molecule has 1 aliphatic carbocycles. The molecule has 11 rings (SSSR count). The molecule has 3 aliphatic rings. The van der Waals surface area contributed by atoms with E-state index in [0.717, 1.165) is 29.9 Å². The highest BCUT2D eigenvalue weighted by Crippen LogP contribution is 2.53. The SMILES string of the molecule is Cc1cc(C(C)(C)C)cc(C)c1N1c2cc(N(c3ccccc3)c3ccccc3-c3ccccc3)ccc2B2c3cc4c(cc3N(c3c(C)cccc3C)c3cc(C(C)(C)C)cc1c32)C(C)(C)CCC4(C)C. The Hall–Kier alpha value is -6.78. The van der Waals surface area contributed by atoms with Crippen LogP contribution in [0.25, 0.3) is 11.1 Å². The second-order valence-corrected chi connectivity index (χ2v) is 24.8. The van der Waals surface area contributed by atoms with Crippen LogP contribution in [0.5, 0.6) is 0 Å². The zero-order valence-electron chi connectivity index (χ0n) is 45.3. The fourth-order valence-electron chi connectivity index (χ4n) is 12.5. The molecule has 0 spiro atoms. The average Bonchev–Trinajstić information content (AvgIpc) is 3.33. The molecule has 0 atom stereocenters. The Morgan fingerprint density at radius 2 is 0.944 bits per heavy atom. The van der Waals surface area contributed by atoms with Gasteiger partial charge in [0, 0.05) is 39.7 Å². The first-order chi connectivity index (χ1) is 34.1. The van der Waals surface area contributed by atoms with Crippen LogP contribution in [-0.4, -0.2) is 6.71 Å². The van der Waals surface area contributed by atoms with E-state index in [-0.39, 0.29) is 28.4 Å². The Labute approximate surface area is 431 Å². The van der Waals surface area contributed by atoms with Crippen LogP contribution in [0.4, 0.5) is 51.2 Å². The molecule has 4 heteroatoms. The Balaban J connectivity index is 1.29. The number of para-hydroxylation sites is 3. The summed E-state index contributed by atoms with van der Waals surface area (Å²) in [5, 5.41) is 0. The van der Waals surface area contributed by atoms with Gasteiger partial charge in [-0.25, -0.2) is 0 Å². The van der Waals surface area contributed by atoms with E-state index in [1.54, 1.807) is 0 Å². The zero-order chi connectivity index (χ0) is 50.8. The van der Waals surface area contributed by atoms with Crippen LogP contribution in [0.2, 0.25) is 0 Å². The molecule has 0 unspecified atom stereocenters. The molecule has 72 heavy (non-hydrogen) atoms. The minimum Gasteiger partial charge on any atom is -0.311 e. The number of hydrogen-bond acceptors (Lipinski definition) is 3. The third-order valence-corrected chi connectivity index (χ3v) is 16.6. The Morgan fingerprint density at radius 3 is 1.53 bits per heavy atom. The largest absolute Gasteiger partial charge is 0.311 e. The number of fused-ring (bicyclic) bond motifs is 5. The fraction of sp³-hybridized carbons (Fsp3) is 0.294. The molecule has 0 N–H and O–H groups in total. The van der Waals surface area contributed by atoms with E-state index in [2.05, 4.69) is 269 Å². The molecule has 0 aromatic heterocycles. The number of aryl methyl sites for hydroxylation is 4. The van der Waals surface area contributed by atoms with Gasteiger partial charge in [0.2, 0.25) is 0 Å². The summed E-state index contributed by atoms with van der Waals surface area (Å²) in [6.45, 7) is 33.3. The summed E-state index contributed by atoms with van der Waals surface area (Å²) in [6, 6.07) is 60.3. The summed E-state index contributed by atoms with van der Waals surface area (Å²) in [7, 11) is 0. The minimum atomic E-state index is -0.144. The Morgan fingerprint density at radius 1 is 0.444 bits per heavy atom. The lowest BCUT2D eigenvalue weighted by molar-refractivity contribution is 0.332. The highest BCUT2D eigenvalue weighted by Gasteiger charge is 2.48. The van der Waals surface area contributed by atoms with Crippen LogP contribution in [0.3, 0.4) is 0 Å². The molecule has 2 heterocycles. The zero-order valence-corrected chi connectivity index (χ0v) is 45.3. The second-order valence-electron chi connectivity index (χ2n) is 24.8. The van der Waals surface area contributed by atoms with Crippen LogP contribution in [0.1, 0.15) is 127 Å². The molecule has 8 aromatic carbocycles. The van der Waals surface area contributed by atoms with Crippen molar-refractivity contribution in [3.8, 4) is 11.1 Å². The van der Waals surface area contributed by atoms with E-state index in [9.17, 15) is 0 Å². The molecular formula is C68H72BN3. The van der Waals surface area contributed by atoms with Crippen LogP contribution in [0, 0.1) is 27.7 Å². The highest BCUT2D eigenvalue weighted by molar-refractivity contribution is 7.00. The summed E-state index contributed by atoms with van der Waals surface area (Å²) in [6.07, 6.45) is 2.32. The van der Waals surface area contributed by atoms with Crippen LogP contribution >= 0.6 is 0 Å². The predicted molar refractivity (Wildman–Crippen MR) is 312 cm³/mol. The minimum absolute atomic E-state index is 0.00311. The molecular weight excluding hydrogens is 870 g/mol. The summed E-state index contributed by atoms with van der Waals surface area (Å²) < 4.78 is 0. The van der Waals surface area contributed by atoms with Gasteiger partial charge < -0.3 is 14.7 Å². The van der Waals surface area contributed by atoms with Gasteiger partial charge in [-0.3, -0.25) is 0 Å². The topological polar surface area (TPSA) is 9.72 Å². The van der Waals surface area contributed by atoms with Gasteiger partial charge in [-0.1, -0.05) is 178 Å². The van der Waals surface area contributed by atoms with Crippen molar-refractivity contribution in [1.82, 2.24) is 0 Å². The smallest absolute Gasteiger partial charge is 0.252 e.